The average molecular weight is 577 g/mol. The fourth-order valence-electron chi connectivity index (χ4n) is 5.74. The van der Waals surface area contributed by atoms with E-state index in [0.29, 0.717) is 38.8 Å². The van der Waals surface area contributed by atoms with Crippen molar-refractivity contribution in [2.24, 2.45) is 22.2 Å². The van der Waals surface area contributed by atoms with Crippen LogP contribution in [0, 0.1) is 0 Å². The largest absolute Gasteiger partial charge is 0.395 e. The molecule has 0 bridgehead atoms. The molecule has 2 heterocycles. The number of aliphatic imine (C=N–C) groups is 1. The van der Waals surface area contributed by atoms with E-state index in [1.165, 1.54) is 6.92 Å². The third-order valence-electron chi connectivity index (χ3n) is 8.38. The van der Waals surface area contributed by atoms with E-state index in [2.05, 4.69) is 15.6 Å². The SMILES string of the molecule is CN[C@@H]1[C@@H](O)[C@@H](O[C@@H]2[C@@H](O)[C@H](O[C@H]3O[C@H](CNCCO)CC[C@H]3N)[C@@H](N)C[C@H]2N=C(N)C2(O)CC2)OC[C@]1(C)O. The van der Waals surface area contributed by atoms with Gasteiger partial charge in [-0.3, -0.25) is 4.99 Å². The number of ether oxygens (including phenoxy) is 4. The van der Waals surface area contributed by atoms with Gasteiger partial charge in [0.2, 0.25) is 0 Å². The predicted octanol–water partition coefficient (Wildman–Crippen LogP) is -4.43. The molecule has 0 aromatic heterocycles. The fraction of sp³-hybridized carbons (Fsp3) is 0.960. The number of aliphatic hydroxyl groups is 5. The maximum Gasteiger partial charge on any atom is 0.185 e. The van der Waals surface area contributed by atoms with Crippen molar-refractivity contribution >= 4 is 5.84 Å². The van der Waals surface area contributed by atoms with Gasteiger partial charge in [0.05, 0.1) is 37.4 Å². The minimum atomic E-state index is -1.36. The molecule has 15 heteroatoms. The fourth-order valence-corrected chi connectivity index (χ4v) is 5.74. The van der Waals surface area contributed by atoms with Crippen LogP contribution in [-0.2, 0) is 18.9 Å². The number of nitrogens with one attached hydrogen (secondary N) is 2. The van der Waals surface area contributed by atoms with Gasteiger partial charge in [-0.2, -0.15) is 0 Å². The first-order valence-electron chi connectivity index (χ1n) is 14.1. The summed E-state index contributed by atoms with van der Waals surface area (Å²) in [4.78, 5) is 4.50. The topological polar surface area (TPSA) is 253 Å². The van der Waals surface area contributed by atoms with Crippen LogP contribution in [0.25, 0.3) is 0 Å². The Morgan fingerprint density at radius 1 is 1.05 bits per heavy atom. The summed E-state index contributed by atoms with van der Waals surface area (Å²) in [5.74, 6) is 0.0295. The molecule has 232 valence electrons. The number of likely N-dealkylation sites (N-methyl/N-ethyl adjacent to an activating group) is 1. The number of hydrogen-bond acceptors (Lipinski definition) is 14. The van der Waals surface area contributed by atoms with Crippen LogP contribution in [0.1, 0.15) is 39.0 Å². The molecule has 0 aromatic carbocycles. The van der Waals surface area contributed by atoms with Gasteiger partial charge in [0.15, 0.2) is 12.6 Å². The lowest BCUT2D eigenvalue weighted by molar-refractivity contribution is -0.306. The summed E-state index contributed by atoms with van der Waals surface area (Å²) in [7, 11) is 1.60. The van der Waals surface area contributed by atoms with Gasteiger partial charge in [-0.05, 0) is 46.1 Å². The summed E-state index contributed by atoms with van der Waals surface area (Å²) in [5.41, 5.74) is 16.3. The molecule has 2 saturated heterocycles. The summed E-state index contributed by atoms with van der Waals surface area (Å²) >= 11 is 0. The second-order valence-corrected chi connectivity index (χ2v) is 11.8. The zero-order chi connectivity index (χ0) is 29.2. The first kappa shape index (κ1) is 31.9. The van der Waals surface area contributed by atoms with Crippen LogP contribution in [0.5, 0.6) is 0 Å². The van der Waals surface area contributed by atoms with E-state index in [1.54, 1.807) is 7.05 Å². The normalized spacial score (nSPS) is 45.8. The van der Waals surface area contributed by atoms with Gasteiger partial charge in [-0.25, -0.2) is 0 Å². The lowest BCUT2D eigenvalue weighted by Crippen LogP contribution is -2.67. The van der Waals surface area contributed by atoms with Gasteiger partial charge in [0.1, 0.15) is 41.5 Å². The zero-order valence-corrected chi connectivity index (χ0v) is 23.3. The van der Waals surface area contributed by atoms with E-state index in [1.807, 2.05) is 0 Å². The van der Waals surface area contributed by atoms with Crippen molar-refractivity contribution in [2.75, 3.05) is 33.4 Å². The molecule has 2 aliphatic carbocycles. The molecule has 13 N–H and O–H groups in total. The highest BCUT2D eigenvalue weighted by atomic mass is 16.7. The molecule has 0 aromatic rings. The van der Waals surface area contributed by atoms with Crippen LogP contribution < -0.4 is 27.8 Å². The lowest BCUT2D eigenvalue weighted by atomic mass is 9.83. The number of nitrogens with two attached hydrogens (primary N) is 3. The Morgan fingerprint density at radius 3 is 2.40 bits per heavy atom. The van der Waals surface area contributed by atoms with Gasteiger partial charge in [-0.15, -0.1) is 0 Å². The molecule has 4 aliphatic rings. The Kier molecular flexibility index (Phi) is 10.4. The molecular weight excluding hydrogens is 528 g/mol. The molecule has 40 heavy (non-hydrogen) atoms. The quantitative estimate of drug-likeness (QED) is 0.0633. The van der Waals surface area contributed by atoms with Crippen LogP contribution in [-0.4, -0.2) is 143 Å². The smallest absolute Gasteiger partial charge is 0.185 e. The maximum absolute atomic E-state index is 11.6. The number of rotatable bonds is 11. The lowest BCUT2D eigenvalue weighted by Gasteiger charge is -2.48. The number of hydrogen-bond donors (Lipinski definition) is 10. The molecule has 2 saturated carbocycles. The minimum Gasteiger partial charge on any atom is -0.395 e. The van der Waals surface area contributed by atoms with Gasteiger partial charge in [0, 0.05) is 19.1 Å². The molecular formula is C25H48N6O9. The van der Waals surface area contributed by atoms with Crippen molar-refractivity contribution in [3.05, 3.63) is 0 Å². The molecule has 0 radical (unpaired) electrons. The Labute approximate surface area is 234 Å². The van der Waals surface area contributed by atoms with Gasteiger partial charge in [-0.1, -0.05) is 0 Å². The van der Waals surface area contributed by atoms with Crippen LogP contribution in [0.2, 0.25) is 0 Å². The summed E-state index contributed by atoms with van der Waals surface area (Å²) in [6.07, 6.45) is -4.48. The molecule has 4 rings (SSSR count). The highest BCUT2D eigenvalue weighted by Crippen LogP contribution is 2.37. The van der Waals surface area contributed by atoms with E-state index in [0.717, 1.165) is 0 Å². The Bertz CT molecular complexity index is 865. The first-order chi connectivity index (χ1) is 18.9. The summed E-state index contributed by atoms with van der Waals surface area (Å²) in [6.45, 7) is 2.35. The predicted molar refractivity (Wildman–Crippen MR) is 143 cm³/mol. The van der Waals surface area contributed by atoms with Crippen LogP contribution >= 0.6 is 0 Å². The summed E-state index contributed by atoms with van der Waals surface area (Å²) in [5, 5.41) is 58.6. The van der Waals surface area contributed by atoms with E-state index in [-0.39, 0.29) is 31.6 Å². The van der Waals surface area contributed by atoms with E-state index in [9.17, 15) is 20.4 Å². The molecule has 0 unspecified atom stereocenters. The summed E-state index contributed by atoms with van der Waals surface area (Å²) in [6, 6.07) is -2.72. The third kappa shape index (κ3) is 7.11. The molecule has 0 amide bonds. The standard InChI is InChI=1S/C25H48N6O9/c1-24(35)11-37-22(17(34)20(24)29-2)40-19-15(31-23(28)25(36)5-6-25)9-14(27)18(16(19)33)39-21-13(26)4-3-12(38-21)10-30-7-8-32/h12-22,29-30,32-36H,3-11,26-27H2,1-2H3,(H2,28,31)/t12-,13+,14-,15+,16-,17+,18+,19-,20+,21+,22+,24-/m0/s1. The van der Waals surface area contributed by atoms with Gasteiger partial charge in [0.25, 0.3) is 0 Å². The van der Waals surface area contributed by atoms with Crippen molar-refractivity contribution in [1.29, 1.82) is 0 Å². The van der Waals surface area contributed by atoms with E-state index < -0.39 is 72.4 Å². The third-order valence-corrected chi connectivity index (χ3v) is 8.38. The van der Waals surface area contributed by atoms with Gasteiger partial charge >= 0.3 is 0 Å². The van der Waals surface area contributed by atoms with Crippen molar-refractivity contribution in [2.45, 2.75) is 117 Å². The second kappa shape index (κ2) is 13.1. The van der Waals surface area contributed by atoms with Gasteiger partial charge < -0.3 is 72.3 Å². The number of nitrogens with zero attached hydrogens (tertiary/aromatic N) is 1. The summed E-state index contributed by atoms with van der Waals surface area (Å²) < 4.78 is 24.1. The molecule has 15 nitrogen and oxygen atoms in total. The van der Waals surface area contributed by atoms with Crippen molar-refractivity contribution in [3.63, 3.8) is 0 Å². The van der Waals surface area contributed by atoms with E-state index >= 15 is 0 Å². The van der Waals surface area contributed by atoms with Crippen molar-refractivity contribution in [3.8, 4) is 0 Å². The monoisotopic (exact) mass is 576 g/mol. The van der Waals surface area contributed by atoms with Crippen molar-refractivity contribution in [1.82, 2.24) is 10.6 Å². The first-order valence-corrected chi connectivity index (χ1v) is 14.1. The Hall–Kier alpha value is -1.05. The van der Waals surface area contributed by atoms with E-state index in [4.69, 9.17) is 41.3 Å². The Morgan fingerprint density at radius 2 is 1.75 bits per heavy atom. The van der Waals surface area contributed by atoms with Crippen molar-refractivity contribution < 1.29 is 44.5 Å². The highest BCUT2D eigenvalue weighted by molar-refractivity contribution is 5.91. The molecule has 4 fully saturated rings. The molecule has 0 spiro atoms. The average Bonchev–Trinajstić information content (AvgIpc) is 3.65. The molecule has 12 atom stereocenters. The number of amidine groups is 1. The van der Waals surface area contributed by atoms with Crippen LogP contribution in [0.3, 0.4) is 0 Å². The van der Waals surface area contributed by atoms with Crippen LogP contribution in [0.4, 0.5) is 0 Å². The minimum absolute atomic E-state index is 0.00819. The van der Waals surface area contributed by atoms with Crippen LogP contribution in [0.15, 0.2) is 4.99 Å². The molecule has 2 aliphatic heterocycles. The zero-order valence-electron chi connectivity index (χ0n) is 23.3. The second-order valence-electron chi connectivity index (χ2n) is 11.8. The Balaban J connectivity index is 1.52. The maximum atomic E-state index is 11.6. The highest BCUT2D eigenvalue weighted by Gasteiger charge is 2.52. The number of aliphatic hydroxyl groups excluding tert-OH is 3.